The molecule has 4 aromatic heterocycles. The third-order valence-corrected chi connectivity index (χ3v) is 9.50. The van der Waals surface area contributed by atoms with Crippen molar-refractivity contribution in [3.05, 3.63) is 46.2 Å². The van der Waals surface area contributed by atoms with Crippen molar-refractivity contribution < 1.29 is 9.59 Å². The number of thiophene rings is 4. The number of carbonyl (C=O) groups excluding carboxylic acids is 2. The van der Waals surface area contributed by atoms with Crippen LogP contribution in [-0.4, -0.2) is 12.6 Å². The van der Waals surface area contributed by atoms with Gasteiger partial charge >= 0.3 is 0 Å². The van der Waals surface area contributed by atoms with Gasteiger partial charge in [0.2, 0.25) is 0 Å². The maximum atomic E-state index is 11.1. The number of hydrogen-bond acceptors (Lipinski definition) is 6. The molecule has 0 aliphatic carbocycles. The van der Waals surface area contributed by atoms with Gasteiger partial charge in [-0.05, 0) is 17.5 Å². The Balaban J connectivity index is 1.82. The molecule has 2 aromatic carbocycles. The lowest BCUT2D eigenvalue weighted by Crippen LogP contribution is -1.75. The molecule has 4 heterocycles. The van der Waals surface area contributed by atoms with Crippen LogP contribution in [0.5, 0.6) is 0 Å². The van der Waals surface area contributed by atoms with Gasteiger partial charge in [-0.3, -0.25) is 9.59 Å². The molecule has 6 heteroatoms. The summed E-state index contributed by atoms with van der Waals surface area (Å²) in [6.45, 7) is 0. The Morgan fingerprint density at radius 1 is 0.615 bits per heavy atom. The highest BCUT2D eigenvalue weighted by atomic mass is 32.2. The highest BCUT2D eigenvalue weighted by Crippen LogP contribution is 2.48. The fourth-order valence-corrected chi connectivity index (χ4v) is 8.66. The molecular formula is C20H8O2S4. The molecule has 0 unspecified atom stereocenters. The van der Waals surface area contributed by atoms with E-state index in [0.29, 0.717) is 0 Å². The maximum Gasteiger partial charge on any atom is 0.160 e. The Labute approximate surface area is 162 Å². The second-order valence-corrected chi connectivity index (χ2v) is 10.8. The summed E-state index contributed by atoms with van der Waals surface area (Å²) >= 11 is 6.68. The normalized spacial score (nSPS) is 12.2. The number of aldehydes is 2. The SMILES string of the molecule is O=Cc1cc2c(s1)sc1c2ccc2ccc3c4cc(C=O)sc4sc3c21. The van der Waals surface area contributed by atoms with Crippen molar-refractivity contribution in [3.8, 4) is 0 Å². The van der Waals surface area contributed by atoms with Crippen molar-refractivity contribution in [2.75, 3.05) is 0 Å². The zero-order valence-corrected chi connectivity index (χ0v) is 16.3. The first-order chi connectivity index (χ1) is 12.8. The number of carbonyl (C=O) groups is 2. The summed E-state index contributed by atoms with van der Waals surface area (Å²) in [4.78, 5) is 23.8. The van der Waals surface area contributed by atoms with E-state index >= 15 is 0 Å². The monoisotopic (exact) mass is 408 g/mol. The Kier molecular flexibility index (Phi) is 3.00. The van der Waals surface area contributed by atoms with E-state index in [4.69, 9.17) is 0 Å². The van der Waals surface area contributed by atoms with Crippen LogP contribution in [0.1, 0.15) is 19.3 Å². The van der Waals surface area contributed by atoms with Crippen LogP contribution in [0.3, 0.4) is 0 Å². The molecule has 6 aromatic rings. The van der Waals surface area contributed by atoms with Gasteiger partial charge in [0.25, 0.3) is 0 Å². The minimum atomic E-state index is 0.782. The summed E-state index contributed by atoms with van der Waals surface area (Å²) in [6.07, 6.45) is 1.86. The first-order valence-corrected chi connectivity index (χ1v) is 11.2. The summed E-state index contributed by atoms with van der Waals surface area (Å²) in [6, 6.07) is 12.7. The molecule has 0 spiro atoms. The topological polar surface area (TPSA) is 34.1 Å². The van der Waals surface area contributed by atoms with Gasteiger partial charge in [0.05, 0.1) is 17.8 Å². The lowest BCUT2D eigenvalue weighted by molar-refractivity contribution is 0.111. The van der Waals surface area contributed by atoms with E-state index in [1.54, 1.807) is 45.3 Å². The Bertz CT molecular complexity index is 1410. The van der Waals surface area contributed by atoms with E-state index in [9.17, 15) is 9.59 Å². The van der Waals surface area contributed by atoms with E-state index in [-0.39, 0.29) is 0 Å². The van der Waals surface area contributed by atoms with Crippen molar-refractivity contribution >= 4 is 108 Å². The van der Waals surface area contributed by atoms with Crippen LogP contribution >= 0.6 is 45.3 Å². The second-order valence-electron chi connectivity index (χ2n) is 6.12. The molecular weight excluding hydrogens is 400 g/mol. The van der Waals surface area contributed by atoms with Crippen molar-refractivity contribution in [2.45, 2.75) is 0 Å². The zero-order chi connectivity index (χ0) is 17.4. The molecule has 6 rings (SSSR count). The molecule has 0 saturated carbocycles. The molecule has 0 N–H and O–H groups in total. The standard InChI is InChI=1S/C20H8O2S4/c21-7-10-5-14-12-3-1-9-2-4-13-15-6-11(8-22)24-20(15)26-18(13)16(9)17(12)25-19(14)23-10/h1-8H. The number of benzene rings is 2. The average Bonchev–Trinajstić information content (AvgIpc) is 3.38. The van der Waals surface area contributed by atoms with Crippen molar-refractivity contribution in [1.82, 2.24) is 0 Å². The number of rotatable bonds is 2. The van der Waals surface area contributed by atoms with Crippen LogP contribution < -0.4 is 0 Å². The quantitative estimate of drug-likeness (QED) is 0.281. The lowest BCUT2D eigenvalue weighted by atomic mass is 10.0. The highest BCUT2D eigenvalue weighted by molar-refractivity contribution is 7.44. The Morgan fingerprint density at radius 2 is 1.12 bits per heavy atom. The molecule has 0 atom stereocenters. The molecule has 0 aliphatic heterocycles. The van der Waals surface area contributed by atoms with Crippen LogP contribution in [0.2, 0.25) is 0 Å². The molecule has 0 fully saturated rings. The third-order valence-electron chi connectivity index (χ3n) is 4.73. The Hall–Kier alpha value is -2.12. The van der Waals surface area contributed by atoms with Gasteiger partial charge in [-0.25, -0.2) is 0 Å². The predicted molar refractivity (Wildman–Crippen MR) is 116 cm³/mol. The van der Waals surface area contributed by atoms with Gasteiger partial charge in [-0.2, -0.15) is 0 Å². The summed E-state index contributed by atoms with van der Waals surface area (Å²) < 4.78 is 4.98. The van der Waals surface area contributed by atoms with E-state index in [1.807, 2.05) is 12.1 Å². The minimum Gasteiger partial charge on any atom is -0.297 e. The van der Waals surface area contributed by atoms with Crippen molar-refractivity contribution in [1.29, 1.82) is 0 Å². The fraction of sp³-hybridized carbons (Fsp3) is 0. The van der Waals surface area contributed by atoms with Crippen molar-refractivity contribution in [2.24, 2.45) is 0 Å². The molecule has 2 nitrogen and oxygen atoms in total. The third kappa shape index (κ3) is 1.85. The van der Waals surface area contributed by atoms with Gasteiger partial charge < -0.3 is 0 Å². The largest absolute Gasteiger partial charge is 0.297 e. The maximum absolute atomic E-state index is 11.1. The molecule has 0 amide bonds. The fourth-order valence-electron chi connectivity index (χ4n) is 3.60. The van der Waals surface area contributed by atoms with Gasteiger partial charge in [0.15, 0.2) is 12.6 Å². The smallest absolute Gasteiger partial charge is 0.160 e. The summed E-state index contributed by atoms with van der Waals surface area (Å²) in [5, 5.41) is 7.33. The van der Waals surface area contributed by atoms with E-state index < -0.39 is 0 Å². The zero-order valence-electron chi connectivity index (χ0n) is 13.1. The van der Waals surface area contributed by atoms with Crippen molar-refractivity contribution in [3.63, 3.8) is 0 Å². The van der Waals surface area contributed by atoms with Gasteiger partial charge in [-0.15, -0.1) is 45.3 Å². The van der Waals surface area contributed by atoms with Crippen LogP contribution in [-0.2, 0) is 0 Å². The summed E-state index contributed by atoms with van der Waals surface area (Å²) in [5.74, 6) is 0. The van der Waals surface area contributed by atoms with Gasteiger partial charge in [0, 0.05) is 36.3 Å². The first kappa shape index (κ1) is 15.0. The average molecular weight is 409 g/mol. The van der Waals surface area contributed by atoms with Crippen LogP contribution in [0.15, 0.2) is 36.4 Å². The second kappa shape index (κ2) is 5.20. The molecule has 0 aliphatic rings. The summed E-state index contributed by atoms with van der Waals surface area (Å²) in [7, 11) is 0. The van der Waals surface area contributed by atoms with Gasteiger partial charge in [0.1, 0.15) is 0 Å². The molecule has 0 saturated heterocycles. The lowest BCUT2D eigenvalue weighted by Gasteiger charge is -2.02. The molecule has 0 bridgehead atoms. The minimum absolute atomic E-state index is 0.782. The van der Waals surface area contributed by atoms with E-state index in [1.165, 1.54) is 49.7 Å². The van der Waals surface area contributed by atoms with Crippen LogP contribution in [0.25, 0.3) is 49.7 Å². The number of hydrogen-bond donors (Lipinski definition) is 0. The first-order valence-electron chi connectivity index (χ1n) is 7.91. The van der Waals surface area contributed by atoms with E-state index in [2.05, 4.69) is 24.3 Å². The molecule has 0 radical (unpaired) electrons. The molecule has 124 valence electrons. The summed E-state index contributed by atoms with van der Waals surface area (Å²) in [5.41, 5.74) is 0. The number of fused-ring (bicyclic) bond motifs is 9. The molecule has 26 heavy (non-hydrogen) atoms. The van der Waals surface area contributed by atoms with Crippen LogP contribution in [0, 0.1) is 0 Å². The van der Waals surface area contributed by atoms with E-state index in [0.717, 1.165) is 22.3 Å². The highest BCUT2D eigenvalue weighted by Gasteiger charge is 2.16. The van der Waals surface area contributed by atoms with Crippen LogP contribution in [0.4, 0.5) is 0 Å². The van der Waals surface area contributed by atoms with Gasteiger partial charge in [-0.1, -0.05) is 24.3 Å². The Morgan fingerprint density at radius 3 is 1.58 bits per heavy atom. The predicted octanol–water partition coefficient (Wildman–Crippen LogP) is 7.32.